The van der Waals surface area contributed by atoms with Gasteiger partial charge in [-0.1, -0.05) is 6.07 Å². The summed E-state index contributed by atoms with van der Waals surface area (Å²) in [5, 5.41) is 8.52. The zero-order chi connectivity index (χ0) is 17.8. The lowest BCUT2D eigenvalue weighted by Gasteiger charge is -2.00. The van der Waals surface area contributed by atoms with Gasteiger partial charge in [0.1, 0.15) is 18.6 Å². The van der Waals surface area contributed by atoms with Gasteiger partial charge in [0.2, 0.25) is 0 Å². The van der Waals surface area contributed by atoms with E-state index in [-0.39, 0.29) is 0 Å². The molecule has 0 aliphatic heterocycles. The average molecular weight is 361 g/mol. The molecule has 26 heavy (non-hydrogen) atoms. The summed E-state index contributed by atoms with van der Waals surface area (Å²) in [6.45, 7) is 0.420. The maximum atomic E-state index is 5.21. The number of aromatic nitrogens is 3. The van der Waals surface area contributed by atoms with Crippen LogP contribution in [0.4, 0.5) is 5.82 Å². The molecule has 0 bridgehead atoms. The average Bonchev–Trinajstić information content (AvgIpc) is 3.14. The summed E-state index contributed by atoms with van der Waals surface area (Å²) in [6, 6.07) is 15.7. The highest BCUT2D eigenvalue weighted by molar-refractivity contribution is 7.22. The number of nitrogens with zero attached hydrogens (tertiary/aromatic N) is 5. The fraction of sp³-hybridized carbons (Fsp3) is 0.105. The van der Waals surface area contributed by atoms with Crippen molar-refractivity contribution in [3.8, 4) is 16.2 Å². The van der Waals surface area contributed by atoms with Crippen LogP contribution in [0.3, 0.4) is 0 Å². The normalized spacial score (nSPS) is 11.3. The van der Waals surface area contributed by atoms with Crippen LogP contribution in [0.25, 0.3) is 20.7 Å². The van der Waals surface area contributed by atoms with E-state index in [0.717, 1.165) is 32.1 Å². The topological polar surface area (TPSA) is 72.6 Å². The van der Waals surface area contributed by atoms with E-state index < -0.39 is 0 Å². The molecule has 0 N–H and O–H groups in total. The molecule has 0 fully saturated rings. The highest BCUT2D eigenvalue weighted by Gasteiger charge is 2.10. The molecular weight excluding hydrogens is 346 g/mol. The van der Waals surface area contributed by atoms with Crippen molar-refractivity contribution in [1.82, 2.24) is 15.0 Å². The standard InChI is InChI=1S/C19H15N5OS/c1-25-15-7-5-13(6-8-15)17-10-16-18(26-17)19(22-12-21-16)24-23-11-14-4-2-3-9-20-14/h2-10,12H,11H2,1H3. The highest BCUT2D eigenvalue weighted by Crippen LogP contribution is 2.37. The van der Waals surface area contributed by atoms with Gasteiger partial charge in [0, 0.05) is 11.1 Å². The van der Waals surface area contributed by atoms with Crippen LogP contribution < -0.4 is 4.74 Å². The van der Waals surface area contributed by atoms with E-state index >= 15 is 0 Å². The van der Waals surface area contributed by atoms with Crippen molar-refractivity contribution in [2.75, 3.05) is 7.11 Å². The van der Waals surface area contributed by atoms with Gasteiger partial charge in [-0.05, 0) is 48.0 Å². The van der Waals surface area contributed by atoms with Crippen LogP contribution in [0.5, 0.6) is 5.75 Å². The molecule has 3 aromatic heterocycles. The number of methoxy groups -OCH3 is 1. The van der Waals surface area contributed by atoms with Crippen molar-refractivity contribution >= 4 is 27.4 Å². The van der Waals surface area contributed by atoms with Crippen molar-refractivity contribution in [2.24, 2.45) is 10.2 Å². The molecule has 4 aromatic rings. The first-order valence-corrected chi connectivity index (χ1v) is 8.81. The third-order valence-electron chi connectivity index (χ3n) is 3.79. The van der Waals surface area contributed by atoms with Crippen LogP contribution in [-0.2, 0) is 6.54 Å². The molecule has 6 nitrogen and oxygen atoms in total. The van der Waals surface area contributed by atoms with Crippen molar-refractivity contribution in [2.45, 2.75) is 6.54 Å². The Hall–Kier alpha value is -3.19. The van der Waals surface area contributed by atoms with Crippen LogP contribution in [0.2, 0.25) is 0 Å². The third kappa shape index (κ3) is 3.43. The molecule has 0 saturated carbocycles. The lowest BCUT2D eigenvalue weighted by Crippen LogP contribution is -1.84. The van der Waals surface area contributed by atoms with E-state index in [1.165, 1.54) is 6.33 Å². The predicted molar refractivity (Wildman–Crippen MR) is 102 cm³/mol. The van der Waals surface area contributed by atoms with Gasteiger partial charge in [-0.25, -0.2) is 9.97 Å². The minimum atomic E-state index is 0.420. The van der Waals surface area contributed by atoms with Crippen molar-refractivity contribution in [3.63, 3.8) is 0 Å². The Morgan fingerprint density at radius 3 is 2.69 bits per heavy atom. The molecule has 0 unspecified atom stereocenters. The van der Waals surface area contributed by atoms with Gasteiger partial charge in [0.15, 0.2) is 5.82 Å². The number of hydrogen-bond donors (Lipinski definition) is 0. The van der Waals surface area contributed by atoms with Crippen LogP contribution in [0, 0.1) is 0 Å². The van der Waals surface area contributed by atoms with Crippen LogP contribution in [0.1, 0.15) is 5.69 Å². The molecule has 3 heterocycles. The summed E-state index contributed by atoms with van der Waals surface area (Å²) in [4.78, 5) is 14.0. The van der Waals surface area contributed by atoms with E-state index in [1.807, 2.05) is 48.5 Å². The monoisotopic (exact) mass is 361 g/mol. The molecule has 0 amide bonds. The molecule has 1 aromatic carbocycles. The Bertz CT molecular complexity index is 1040. The van der Waals surface area contributed by atoms with Gasteiger partial charge in [-0.3, -0.25) is 4.98 Å². The summed E-state index contributed by atoms with van der Waals surface area (Å²) >= 11 is 1.60. The van der Waals surface area contributed by atoms with Gasteiger partial charge < -0.3 is 4.74 Å². The van der Waals surface area contributed by atoms with Gasteiger partial charge in [-0.15, -0.1) is 16.5 Å². The molecule has 128 valence electrons. The fourth-order valence-electron chi connectivity index (χ4n) is 2.48. The zero-order valence-electron chi connectivity index (χ0n) is 14.0. The number of rotatable bonds is 5. The van der Waals surface area contributed by atoms with Crippen LogP contribution in [0.15, 0.2) is 71.3 Å². The minimum Gasteiger partial charge on any atom is -0.497 e. The predicted octanol–water partition coefficient (Wildman–Crippen LogP) is 5.05. The van der Waals surface area contributed by atoms with Gasteiger partial charge in [0.25, 0.3) is 0 Å². The number of thiophene rings is 1. The Kier molecular flexibility index (Phi) is 4.61. The van der Waals surface area contributed by atoms with E-state index in [9.17, 15) is 0 Å². The first kappa shape index (κ1) is 16.3. The zero-order valence-corrected chi connectivity index (χ0v) is 14.8. The smallest absolute Gasteiger partial charge is 0.195 e. The quantitative estimate of drug-likeness (QED) is 0.467. The lowest BCUT2D eigenvalue weighted by atomic mass is 10.2. The largest absolute Gasteiger partial charge is 0.497 e. The Balaban J connectivity index is 1.62. The maximum absolute atomic E-state index is 5.21. The third-order valence-corrected chi connectivity index (χ3v) is 4.96. The summed E-state index contributed by atoms with van der Waals surface area (Å²) < 4.78 is 6.13. The number of benzene rings is 1. The Labute approximate surface area is 154 Å². The van der Waals surface area contributed by atoms with Gasteiger partial charge in [0.05, 0.1) is 23.0 Å². The molecule has 0 spiro atoms. The lowest BCUT2D eigenvalue weighted by molar-refractivity contribution is 0.415. The molecule has 0 aliphatic carbocycles. The molecule has 0 radical (unpaired) electrons. The number of fused-ring (bicyclic) bond motifs is 1. The molecule has 0 atom stereocenters. The summed E-state index contributed by atoms with van der Waals surface area (Å²) in [6.07, 6.45) is 3.26. The summed E-state index contributed by atoms with van der Waals surface area (Å²) in [5.41, 5.74) is 2.83. The Morgan fingerprint density at radius 2 is 1.92 bits per heavy atom. The van der Waals surface area contributed by atoms with Gasteiger partial charge >= 0.3 is 0 Å². The molecular formula is C19H15N5OS. The number of ether oxygens (including phenoxy) is 1. The van der Waals surface area contributed by atoms with E-state index in [4.69, 9.17) is 4.74 Å². The summed E-state index contributed by atoms with van der Waals surface area (Å²) in [5.74, 6) is 1.41. The molecule has 7 heteroatoms. The number of pyridine rings is 1. The fourth-order valence-corrected chi connectivity index (χ4v) is 3.52. The van der Waals surface area contributed by atoms with E-state index in [2.05, 4.69) is 25.2 Å². The van der Waals surface area contributed by atoms with E-state index in [1.54, 1.807) is 24.6 Å². The summed E-state index contributed by atoms with van der Waals surface area (Å²) in [7, 11) is 1.66. The highest BCUT2D eigenvalue weighted by atomic mass is 32.1. The second kappa shape index (κ2) is 7.37. The molecule has 0 saturated heterocycles. The van der Waals surface area contributed by atoms with Crippen molar-refractivity contribution < 1.29 is 4.74 Å². The van der Waals surface area contributed by atoms with Crippen LogP contribution in [-0.4, -0.2) is 22.1 Å². The van der Waals surface area contributed by atoms with Crippen molar-refractivity contribution in [3.05, 3.63) is 66.7 Å². The number of hydrogen-bond acceptors (Lipinski definition) is 7. The SMILES string of the molecule is COc1ccc(-c2cc3ncnc(N=NCc4ccccn4)c3s2)cc1. The second-order valence-electron chi connectivity index (χ2n) is 5.47. The van der Waals surface area contributed by atoms with Crippen molar-refractivity contribution in [1.29, 1.82) is 0 Å². The van der Waals surface area contributed by atoms with Gasteiger partial charge in [-0.2, -0.15) is 5.11 Å². The second-order valence-corrected chi connectivity index (χ2v) is 6.52. The maximum Gasteiger partial charge on any atom is 0.195 e. The van der Waals surface area contributed by atoms with Crippen LogP contribution >= 0.6 is 11.3 Å². The van der Waals surface area contributed by atoms with E-state index in [0.29, 0.717) is 12.4 Å². The molecule has 4 rings (SSSR count). The first-order chi connectivity index (χ1) is 12.8. The first-order valence-electron chi connectivity index (χ1n) is 8.00. The molecule has 0 aliphatic rings. The number of azo groups is 1. The minimum absolute atomic E-state index is 0.420. The Morgan fingerprint density at radius 1 is 1.04 bits per heavy atom.